The minimum absolute atomic E-state index is 0.0279. The molecule has 2 N–H and O–H groups in total. The summed E-state index contributed by atoms with van der Waals surface area (Å²) in [7, 11) is -2.10. The summed E-state index contributed by atoms with van der Waals surface area (Å²) in [6.45, 7) is 0.574. The first kappa shape index (κ1) is 13.9. The van der Waals surface area contributed by atoms with Crippen LogP contribution in [0.5, 0.6) is 0 Å². The van der Waals surface area contributed by atoms with Crippen molar-refractivity contribution in [2.45, 2.75) is 30.5 Å². The third-order valence-corrected chi connectivity index (χ3v) is 5.40. The Morgan fingerprint density at radius 1 is 1.50 bits per heavy atom. The normalized spacial score (nSPS) is 21.1. The van der Waals surface area contributed by atoms with Crippen LogP contribution in [0, 0.1) is 0 Å². The van der Waals surface area contributed by atoms with Gasteiger partial charge in [-0.2, -0.15) is 11.8 Å². The molecule has 7 heteroatoms. The number of rotatable bonds is 5. The van der Waals surface area contributed by atoms with Crippen molar-refractivity contribution in [1.82, 2.24) is 10.0 Å². The van der Waals surface area contributed by atoms with Crippen LogP contribution < -0.4 is 10.0 Å². The van der Waals surface area contributed by atoms with Gasteiger partial charge in [-0.1, -0.05) is 0 Å². The van der Waals surface area contributed by atoms with Gasteiger partial charge in [-0.15, -0.1) is 0 Å². The van der Waals surface area contributed by atoms with Crippen LogP contribution in [0.4, 0.5) is 0 Å². The van der Waals surface area contributed by atoms with Crippen LogP contribution in [0.1, 0.15) is 18.6 Å². The maximum absolute atomic E-state index is 11.5. The molecule has 18 heavy (non-hydrogen) atoms. The molecule has 0 radical (unpaired) electrons. The van der Waals surface area contributed by atoms with E-state index in [4.69, 9.17) is 4.42 Å². The van der Waals surface area contributed by atoms with Crippen molar-refractivity contribution in [2.75, 3.05) is 18.6 Å². The van der Waals surface area contributed by atoms with Crippen LogP contribution in [-0.2, 0) is 16.6 Å². The Hall–Kier alpha value is -0.500. The Morgan fingerprint density at radius 3 is 3.00 bits per heavy atom. The lowest BCUT2D eigenvalue weighted by atomic mass is 10.2. The summed E-state index contributed by atoms with van der Waals surface area (Å²) in [6.07, 6.45) is 2.41. The molecule has 1 aliphatic rings. The van der Waals surface area contributed by atoms with E-state index in [2.05, 4.69) is 10.0 Å². The summed E-state index contributed by atoms with van der Waals surface area (Å²) in [5, 5.41) is 3.36. The Labute approximate surface area is 112 Å². The van der Waals surface area contributed by atoms with E-state index in [1.54, 1.807) is 6.07 Å². The summed E-state index contributed by atoms with van der Waals surface area (Å²) in [5.41, 5.74) is 0. The molecule has 5 nitrogen and oxygen atoms in total. The average Bonchev–Trinajstić information content (AvgIpc) is 2.87. The molecule has 102 valence electrons. The largest absolute Gasteiger partial charge is 0.447 e. The standard InChI is InChI=1S/C11H18N2O3S2/c1-12-18(14,15)11-5-4-10(16-11)7-13-9-3-2-6-17-8-9/h4-5,9,12-13H,2-3,6-8H2,1H3. The van der Waals surface area contributed by atoms with E-state index in [0.29, 0.717) is 18.3 Å². The van der Waals surface area contributed by atoms with Crippen molar-refractivity contribution in [2.24, 2.45) is 0 Å². The second kappa shape index (κ2) is 6.10. The maximum Gasteiger partial charge on any atom is 0.273 e. The van der Waals surface area contributed by atoms with E-state index >= 15 is 0 Å². The van der Waals surface area contributed by atoms with Gasteiger partial charge in [-0.3, -0.25) is 0 Å². The molecule has 0 amide bonds. The number of hydrogen-bond acceptors (Lipinski definition) is 5. The molecule has 1 aromatic heterocycles. The van der Waals surface area contributed by atoms with Crippen molar-refractivity contribution < 1.29 is 12.8 Å². The molecule has 1 aliphatic heterocycles. The zero-order valence-corrected chi connectivity index (χ0v) is 11.9. The second-order valence-corrected chi connectivity index (χ2v) is 7.19. The van der Waals surface area contributed by atoms with Gasteiger partial charge in [0.2, 0.25) is 5.09 Å². The molecule has 0 spiro atoms. The minimum Gasteiger partial charge on any atom is -0.447 e. The fraction of sp³-hybridized carbons (Fsp3) is 0.636. The van der Waals surface area contributed by atoms with Crippen LogP contribution in [0.25, 0.3) is 0 Å². The molecular formula is C11H18N2O3S2. The molecule has 2 rings (SSSR count). The lowest BCUT2D eigenvalue weighted by Gasteiger charge is -2.21. The van der Waals surface area contributed by atoms with Crippen LogP contribution in [0.15, 0.2) is 21.6 Å². The zero-order valence-electron chi connectivity index (χ0n) is 10.3. The SMILES string of the molecule is CNS(=O)(=O)c1ccc(CNC2CCCSC2)o1. The van der Waals surface area contributed by atoms with E-state index in [-0.39, 0.29) is 5.09 Å². The topological polar surface area (TPSA) is 71.3 Å². The Balaban J connectivity index is 1.90. The Morgan fingerprint density at radius 2 is 2.33 bits per heavy atom. The number of furan rings is 1. The van der Waals surface area contributed by atoms with Crippen molar-refractivity contribution >= 4 is 21.8 Å². The molecule has 1 unspecified atom stereocenters. The third kappa shape index (κ3) is 3.50. The predicted molar refractivity (Wildman–Crippen MR) is 72.1 cm³/mol. The molecule has 1 fully saturated rings. The van der Waals surface area contributed by atoms with E-state index in [1.165, 1.54) is 31.7 Å². The van der Waals surface area contributed by atoms with E-state index in [1.807, 2.05) is 11.8 Å². The van der Waals surface area contributed by atoms with Gasteiger partial charge < -0.3 is 9.73 Å². The molecule has 0 aliphatic carbocycles. The van der Waals surface area contributed by atoms with Crippen molar-refractivity contribution in [3.8, 4) is 0 Å². The lowest BCUT2D eigenvalue weighted by Crippen LogP contribution is -2.33. The molecule has 0 aromatic carbocycles. The van der Waals surface area contributed by atoms with Crippen LogP contribution >= 0.6 is 11.8 Å². The second-order valence-electron chi connectivity index (χ2n) is 4.22. The zero-order chi connectivity index (χ0) is 13.0. The van der Waals surface area contributed by atoms with Crippen LogP contribution in [0.3, 0.4) is 0 Å². The highest BCUT2D eigenvalue weighted by Crippen LogP contribution is 2.18. The molecule has 1 saturated heterocycles. The molecule has 0 bridgehead atoms. The highest BCUT2D eigenvalue weighted by atomic mass is 32.2. The maximum atomic E-state index is 11.5. The van der Waals surface area contributed by atoms with Gasteiger partial charge >= 0.3 is 0 Å². The fourth-order valence-electron chi connectivity index (χ4n) is 1.84. The van der Waals surface area contributed by atoms with Crippen molar-refractivity contribution in [3.05, 3.63) is 17.9 Å². The first-order valence-corrected chi connectivity index (χ1v) is 8.59. The summed E-state index contributed by atoms with van der Waals surface area (Å²) in [4.78, 5) is 0. The number of nitrogens with one attached hydrogen (secondary N) is 2. The van der Waals surface area contributed by atoms with Crippen LogP contribution in [0.2, 0.25) is 0 Å². The minimum atomic E-state index is -3.47. The van der Waals surface area contributed by atoms with Gasteiger partial charge in [0.05, 0.1) is 6.54 Å². The number of sulfonamides is 1. The van der Waals surface area contributed by atoms with E-state index in [0.717, 1.165) is 5.75 Å². The number of thioether (sulfide) groups is 1. The number of hydrogen-bond donors (Lipinski definition) is 2. The average molecular weight is 290 g/mol. The third-order valence-electron chi connectivity index (χ3n) is 2.90. The Kier molecular flexibility index (Phi) is 4.71. The summed E-state index contributed by atoms with van der Waals surface area (Å²) in [6, 6.07) is 3.68. The van der Waals surface area contributed by atoms with Gasteiger partial charge in [0.15, 0.2) is 0 Å². The monoisotopic (exact) mass is 290 g/mol. The van der Waals surface area contributed by atoms with Gasteiger partial charge in [0, 0.05) is 11.8 Å². The first-order chi connectivity index (χ1) is 8.62. The quantitative estimate of drug-likeness (QED) is 0.852. The summed E-state index contributed by atoms with van der Waals surface area (Å²) >= 11 is 1.95. The van der Waals surface area contributed by atoms with Gasteiger partial charge in [-0.05, 0) is 37.8 Å². The highest BCUT2D eigenvalue weighted by Gasteiger charge is 2.17. The van der Waals surface area contributed by atoms with Crippen LogP contribution in [-0.4, -0.2) is 33.0 Å². The van der Waals surface area contributed by atoms with Gasteiger partial charge in [0.1, 0.15) is 5.76 Å². The van der Waals surface area contributed by atoms with Gasteiger partial charge in [-0.25, -0.2) is 13.1 Å². The fourth-order valence-corrected chi connectivity index (χ4v) is 3.62. The molecule has 1 atom stereocenters. The smallest absolute Gasteiger partial charge is 0.273 e. The lowest BCUT2D eigenvalue weighted by molar-refractivity contribution is 0.386. The molecule has 2 heterocycles. The van der Waals surface area contributed by atoms with Gasteiger partial charge in [0.25, 0.3) is 10.0 Å². The van der Waals surface area contributed by atoms with Crippen molar-refractivity contribution in [3.63, 3.8) is 0 Å². The molecule has 1 aromatic rings. The Bertz CT molecular complexity index is 478. The van der Waals surface area contributed by atoms with Crippen molar-refractivity contribution in [1.29, 1.82) is 0 Å². The van der Waals surface area contributed by atoms with E-state index < -0.39 is 10.0 Å². The summed E-state index contributed by atoms with van der Waals surface area (Å²) < 4.78 is 30.5. The summed E-state index contributed by atoms with van der Waals surface area (Å²) in [5.74, 6) is 3.01. The predicted octanol–water partition coefficient (Wildman–Crippen LogP) is 1.17. The highest BCUT2D eigenvalue weighted by molar-refractivity contribution is 7.99. The first-order valence-electron chi connectivity index (χ1n) is 5.95. The molecular weight excluding hydrogens is 272 g/mol. The molecule has 0 saturated carbocycles. The van der Waals surface area contributed by atoms with E-state index in [9.17, 15) is 8.42 Å².